The van der Waals surface area contributed by atoms with E-state index in [1.54, 1.807) is 6.20 Å². The fourth-order valence-corrected chi connectivity index (χ4v) is 1.03. The van der Waals surface area contributed by atoms with Crippen LogP contribution in [0.15, 0.2) is 12.3 Å². The van der Waals surface area contributed by atoms with Gasteiger partial charge in [-0.1, -0.05) is 13.8 Å². The molecule has 4 nitrogen and oxygen atoms in total. The number of hydrogen-bond donors (Lipinski definition) is 2. The van der Waals surface area contributed by atoms with Gasteiger partial charge in [-0.25, -0.2) is 4.98 Å². The zero-order valence-electron chi connectivity index (χ0n) is 8.88. The molecular formula is C10H18N4. The monoisotopic (exact) mass is 194 g/mol. The van der Waals surface area contributed by atoms with Crippen LogP contribution in [0, 0.1) is 0 Å². The van der Waals surface area contributed by atoms with Crippen LogP contribution >= 0.6 is 0 Å². The Hall–Kier alpha value is -1.32. The van der Waals surface area contributed by atoms with E-state index < -0.39 is 0 Å². The van der Waals surface area contributed by atoms with Crippen LogP contribution in [-0.4, -0.2) is 23.1 Å². The minimum absolute atomic E-state index is 0.702. The summed E-state index contributed by atoms with van der Waals surface area (Å²) in [5.74, 6) is 1.59. The summed E-state index contributed by atoms with van der Waals surface area (Å²) in [6, 6.07) is 1.88. The van der Waals surface area contributed by atoms with Crippen molar-refractivity contribution in [3.05, 3.63) is 12.3 Å². The van der Waals surface area contributed by atoms with Gasteiger partial charge in [0.2, 0.25) is 5.95 Å². The maximum Gasteiger partial charge on any atom is 0.224 e. The summed E-state index contributed by atoms with van der Waals surface area (Å²) in [6.45, 7) is 6.11. The smallest absolute Gasteiger partial charge is 0.224 e. The zero-order valence-corrected chi connectivity index (χ0v) is 8.88. The van der Waals surface area contributed by atoms with Crippen LogP contribution in [0.3, 0.4) is 0 Å². The Morgan fingerprint density at radius 1 is 1.14 bits per heavy atom. The maximum atomic E-state index is 4.31. The van der Waals surface area contributed by atoms with E-state index >= 15 is 0 Å². The number of anilines is 2. The highest BCUT2D eigenvalue weighted by Crippen LogP contribution is 2.05. The molecular weight excluding hydrogens is 176 g/mol. The van der Waals surface area contributed by atoms with Crippen LogP contribution in [0.2, 0.25) is 0 Å². The highest BCUT2D eigenvalue weighted by atomic mass is 15.1. The molecule has 0 saturated heterocycles. The lowest BCUT2D eigenvalue weighted by atomic mass is 10.4. The van der Waals surface area contributed by atoms with E-state index in [0.717, 1.165) is 31.7 Å². The van der Waals surface area contributed by atoms with Gasteiger partial charge in [0.15, 0.2) is 0 Å². The van der Waals surface area contributed by atoms with Crippen LogP contribution < -0.4 is 10.6 Å². The lowest BCUT2D eigenvalue weighted by Gasteiger charge is -2.06. The molecule has 0 spiro atoms. The summed E-state index contributed by atoms with van der Waals surface area (Å²) < 4.78 is 0. The Morgan fingerprint density at radius 2 is 1.86 bits per heavy atom. The minimum atomic E-state index is 0.702. The topological polar surface area (TPSA) is 49.8 Å². The third-order valence-corrected chi connectivity index (χ3v) is 1.74. The number of nitrogens with zero attached hydrogens (tertiary/aromatic N) is 2. The Bertz CT molecular complexity index is 239. The third kappa shape index (κ3) is 3.60. The zero-order chi connectivity index (χ0) is 10.2. The molecule has 0 aliphatic heterocycles. The van der Waals surface area contributed by atoms with Crippen molar-refractivity contribution in [3.63, 3.8) is 0 Å². The molecule has 1 aromatic heterocycles. The molecule has 0 aliphatic carbocycles. The van der Waals surface area contributed by atoms with E-state index in [0.29, 0.717) is 5.95 Å². The fraction of sp³-hybridized carbons (Fsp3) is 0.600. The van der Waals surface area contributed by atoms with E-state index in [4.69, 9.17) is 0 Å². The highest BCUT2D eigenvalue weighted by molar-refractivity contribution is 5.39. The molecule has 1 aromatic rings. The van der Waals surface area contributed by atoms with Crippen molar-refractivity contribution in [1.29, 1.82) is 0 Å². The van der Waals surface area contributed by atoms with Crippen molar-refractivity contribution in [2.75, 3.05) is 23.7 Å². The van der Waals surface area contributed by atoms with Gasteiger partial charge < -0.3 is 10.6 Å². The Kier molecular flexibility index (Phi) is 4.75. The quantitative estimate of drug-likeness (QED) is 0.728. The van der Waals surface area contributed by atoms with E-state index in [9.17, 15) is 0 Å². The number of nitrogens with one attached hydrogen (secondary N) is 2. The molecule has 4 heteroatoms. The van der Waals surface area contributed by atoms with Gasteiger partial charge in [-0.3, -0.25) is 0 Å². The molecule has 0 fully saturated rings. The second-order valence-electron chi connectivity index (χ2n) is 3.12. The molecule has 0 aromatic carbocycles. The van der Waals surface area contributed by atoms with Crippen molar-refractivity contribution in [2.24, 2.45) is 0 Å². The Labute approximate surface area is 85.2 Å². The van der Waals surface area contributed by atoms with E-state index in [1.165, 1.54) is 0 Å². The maximum absolute atomic E-state index is 4.31. The van der Waals surface area contributed by atoms with Gasteiger partial charge >= 0.3 is 0 Å². The summed E-state index contributed by atoms with van der Waals surface area (Å²) in [5.41, 5.74) is 0. The lowest BCUT2D eigenvalue weighted by molar-refractivity contribution is 0.940. The first-order valence-corrected chi connectivity index (χ1v) is 5.17. The average molecular weight is 194 g/mol. The first-order chi connectivity index (χ1) is 6.86. The molecule has 1 heterocycles. The molecule has 1 rings (SSSR count). The van der Waals surface area contributed by atoms with Crippen LogP contribution in [-0.2, 0) is 0 Å². The number of aromatic nitrogens is 2. The lowest BCUT2D eigenvalue weighted by Crippen LogP contribution is -2.07. The molecule has 0 saturated carbocycles. The second-order valence-corrected chi connectivity index (χ2v) is 3.12. The molecule has 0 radical (unpaired) electrons. The summed E-state index contributed by atoms with van der Waals surface area (Å²) in [6.07, 6.45) is 3.95. The first kappa shape index (κ1) is 10.8. The molecule has 2 N–H and O–H groups in total. The van der Waals surface area contributed by atoms with Gasteiger partial charge in [-0.15, -0.1) is 0 Å². The molecule has 0 unspecified atom stereocenters. The highest BCUT2D eigenvalue weighted by Gasteiger charge is 1.96. The van der Waals surface area contributed by atoms with Crippen molar-refractivity contribution in [1.82, 2.24) is 9.97 Å². The van der Waals surface area contributed by atoms with Crippen LogP contribution in [0.5, 0.6) is 0 Å². The predicted molar refractivity (Wildman–Crippen MR) is 59.6 cm³/mol. The standard InChI is InChI=1S/C10H18N4/c1-3-6-11-9-5-8-13-10(14-9)12-7-4-2/h5,8H,3-4,6-7H2,1-2H3,(H2,11,12,13,14). The van der Waals surface area contributed by atoms with Crippen molar-refractivity contribution < 1.29 is 0 Å². The summed E-state index contributed by atoms with van der Waals surface area (Å²) in [4.78, 5) is 8.44. The largest absolute Gasteiger partial charge is 0.370 e. The predicted octanol–water partition coefficient (Wildman–Crippen LogP) is 2.12. The molecule has 14 heavy (non-hydrogen) atoms. The van der Waals surface area contributed by atoms with E-state index in [2.05, 4.69) is 34.4 Å². The van der Waals surface area contributed by atoms with Crippen molar-refractivity contribution in [3.8, 4) is 0 Å². The number of hydrogen-bond acceptors (Lipinski definition) is 4. The molecule has 0 atom stereocenters. The Morgan fingerprint density at radius 3 is 2.57 bits per heavy atom. The van der Waals surface area contributed by atoms with E-state index in [1.807, 2.05) is 6.07 Å². The van der Waals surface area contributed by atoms with Crippen LogP contribution in [0.4, 0.5) is 11.8 Å². The van der Waals surface area contributed by atoms with Crippen molar-refractivity contribution >= 4 is 11.8 Å². The van der Waals surface area contributed by atoms with Crippen molar-refractivity contribution in [2.45, 2.75) is 26.7 Å². The summed E-state index contributed by atoms with van der Waals surface area (Å²) in [5, 5.41) is 6.37. The molecule has 0 bridgehead atoms. The fourth-order valence-electron chi connectivity index (χ4n) is 1.03. The van der Waals surface area contributed by atoms with Gasteiger partial charge in [0.25, 0.3) is 0 Å². The summed E-state index contributed by atoms with van der Waals surface area (Å²) >= 11 is 0. The first-order valence-electron chi connectivity index (χ1n) is 5.17. The van der Waals surface area contributed by atoms with Gasteiger partial charge in [-0.05, 0) is 18.9 Å². The summed E-state index contributed by atoms with van der Waals surface area (Å²) in [7, 11) is 0. The number of rotatable bonds is 6. The normalized spacial score (nSPS) is 9.86. The van der Waals surface area contributed by atoms with Gasteiger partial charge in [-0.2, -0.15) is 4.98 Å². The SMILES string of the molecule is CCCNc1ccnc(NCCC)n1. The third-order valence-electron chi connectivity index (χ3n) is 1.74. The van der Waals surface area contributed by atoms with Gasteiger partial charge in [0.1, 0.15) is 5.82 Å². The molecule has 0 amide bonds. The second kappa shape index (κ2) is 6.18. The van der Waals surface area contributed by atoms with Crippen LogP contribution in [0.25, 0.3) is 0 Å². The van der Waals surface area contributed by atoms with E-state index in [-0.39, 0.29) is 0 Å². The van der Waals surface area contributed by atoms with Gasteiger partial charge in [0.05, 0.1) is 0 Å². The van der Waals surface area contributed by atoms with Gasteiger partial charge in [0, 0.05) is 19.3 Å². The van der Waals surface area contributed by atoms with Crippen LogP contribution in [0.1, 0.15) is 26.7 Å². The average Bonchev–Trinajstić information content (AvgIpc) is 2.24. The molecule has 0 aliphatic rings. The minimum Gasteiger partial charge on any atom is -0.370 e. The Balaban J connectivity index is 2.50. The molecule has 78 valence electrons.